The van der Waals surface area contributed by atoms with Crippen molar-refractivity contribution in [3.8, 4) is 0 Å². The lowest BCUT2D eigenvalue weighted by Crippen LogP contribution is -2.48. The van der Waals surface area contributed by atoms with Gasteiger partial charge < -0.3 is 28.5 Å². The molecule has 2 saturated heterocycles. The van der Waals surface area contributed by atoms with Gasteiger partial charge in [-0.15, -0.1) is 0 Å². The smallest absolute Gasteiger partial charge is 0.414 e. The maximum Gasteiger partial charge on any atom is 0.414 e. The van der Waals surface area contributed by atoms with Crippen molar-refractivity contribution in [2.24, 2.45) is 5.92 Å². The first-order valence-corrected chi connectivity index (χ1v) is 19.3. The van der Waals surface area contributed by atoms with Gasteiger partial charge in [-0.1, -0.05) is 61.5 Å². The van der Waals surface area contributed by atoms with Crippen LogP contribution in [0.4, 0.5) is 20.3 Å². The fourth-order valence-electron chi connectivity index (χ4n) is 8.32. The summed E-state index contributed by atoms with van der Waals surface area (Å²) in [7, 11) is -3.48. The van der Waals surface area contributed by atoms with E-state index in [1.165, 1.54) is 0 Å². The number of nitrogens with zero attached hydrogens (tertiary/aromatic N) is 3. The molecule has 0 unspecified atom stereocenters. The Morgan fingerprint density at radius 2 is 1.79 bits per heavy atom. The van der Waals surface area contributed by atoms with Crippen molar-refractivity contribution in [1.29, 1.82) is 0 Å². The van der Waals surface area contributed by atoms with Crippen LogP contribution in [0.5, 0.6) is 0 Å². The van der Waals surface area contributed by atoms with Crippen LogP contribution in [-0.4, -0.2) is 68.2 Å². The van der Waals surface area contributed by atoms with Crippen LogP contribution in [0.25, 0.3) is 0 Å². The van der Waals surface area contributed by atoms with Crippen molar-refractivity contribution in [2.75, 3.05) is 29.6 Å². The number of carbonyl (C=O) groups excluding carboxylic acids is 3. The van der Waals surface area contributed by atoms with Gasteiger partial charge in [0.1, 0.15) is 6.61 Å². The predicted octanol–water partition coefficient (Wildman–Crippen LogP) is 5.30. The van der Waals surface area contributed by atoms with Gasteiger partial charge in [0, 0.05) is 29.3 Å². The number of halogens is 1. The lowest BCUT2D eigenvalue weighted by molar-refractivity contribution is -0.151. The van der Waals surface area contributed by atoms with E-state index in [4.69, 9.17) is 9.47 Å². The van der Waals surface area contributed by atoms with Crippen molar-refractivity contribution in [3.63, 3.8) is 0 Å². The summed E-state index contributed by atoms with van der Waals surface area (Å²) in [6, 6.07) is 22.4. The zero-order valence-electron chi connectivity index (χ0n) is 26.9. The van der Waals surface area contributed by atoms with Gasteiger partial charge >= 0.3 is 6.09 Å². The van der Waals surface area contributed by atoms with Crippen LogP contribution in [0.15, 0.2) is 72.8 Å². The molecule has 7 rings (SSSR count). The summed E-state index contributed by atoms with van der Waals surface area (Å²) in [6.07, 6.45) is -0.764. The minimum Gasteiger partial charge on any atom is -0.447 e. The normalized spacial score (nSPS) is 27.0. The first-order chi connectivity index (χ1) is 22.5. The second kappa shape index (κ2) is 11.9. The average Bonchev–Trinajstić information content (AvgIpc) is 3.69. The average molecular weight is 658 g/mol. The standard InChI is InChI=1S/C36H40FN3O6Si/c1-23-33(47(2,3)37)31(19-32(42)39-21-26-11-5-4-10-25(26)18-28(39)22-41)46-36(23)29-13-6-7-14-30(29)40(34(36)43)20-24-9-8-12-27(17-24)38-15-16-45-35(38)44/h4-14,17,23,28,31,33,41H,15-16,18-22H2,1-3H3/t23-,28+,31+,33-,36+/m1/s1. The van der Waals surface area contributed by atoms with Gasteiger partial charge in [0.2, 0.25) is 14.3 Å². The number of benzene rings is 3. The molecule has 2 fully saturated rings. The van der Waals surface area contributed by atoms with Gasteiger partial charge in [0.25, 0.3) is 5.91 Å². The van der Waals surface area contributed by atoms with Crippen molar-refractivity contribution in [1.82, 2.24) is 4.90 Å². The maximum atomic E-state index is 16.4. The number of para-hydroxylation sites is 1. The summed E-state index contributed by atoms with van der Waals surface area (Å²) in [5, 5.41) is 10.2. The SMILES string of the molecule is C[C@@H]1[C@@H]([Si](C)(C)F)[C@H](CC(=O)N2Cc3ccccc3C[C@H]2CO)O[C@@]12C(=O)N(Cc1cccc(N3CCOC3=O)c1)c1ccccc12. The molecule has 4 aliphatic heterocycles. The first-order valence-electron chi connectivity index (χ1n) is 16.3. The largest absolute Gasteiger partial charge is 0.447 e. The molecule has 0 saturated carbocycles. The number of anilines is 2. The molecule has 1 N–H and O–H groups in total. The van der Waals surface area contributed by atoms with E-state index >= 15 is 4.11 Å². The Morgan fingerprint density at radius 1 is 1.04 bits per heavy atom. The quantitative estimate of drug-likeness (QED) is 0.274. The van der Waals surface area contributed by atoms with Crippen molar-refractivity contribution in [3.05, 3.63) is 95.1 Å². The summed E-state index contributed by atoms with van der Waals surface area (Å²) in [4.78, 5) is 45.9. The van der Waals surface area contributed by atoms with Crippen LogP contribution in [0, 0.1) is 5.92 Å². The number of carbonyl (C=O) groups is 3. The number of hydrogen-bond acceptors (Lipinski definition) is 6. The molecule has 0 bridgehead atoms. The third kappa shape index (κ3) is 5.24. The minimum atomic E-state index is -3.48. The highest BCUT2D eigenvalue weighted by Gasteiger charge is 2.67. The molecule has 3 aromatic carbocycles. The van der Waals surface area contributed by atoms with E-state index < -0.39 is 37.7 Å². The highest BCUT2D eigenvalue weighted by Crippen LogP contribution is 2.60. The molecular weight excluding hydrogens is 617 g/mol. The molecule has 0 aliphatic carbocycles. The molecular formula is C36H40FN3O6Si. The fourth-order valence-corrected chi connectivity index (χ4v) is 10.8. The third-order valence-corrected chi connectivity index (χ3v) is 12.9. The monoisotopic (exact) mass is 657 g/mol. The highest BCUT2D eigenvalue weighted by molar-refractivity contribution is 6.72. The lowest BCUT2D eigenvalue weighted by Gasteiger charge is -2.37. The molecule has 1 spiro atoms. The molecule has 4 heterocycles. The third-order valence-electron chi connectivity index (χ3n) is 10.5. The van der Waals surface area contributed by atoms with Gasteiger partial charge in [-0.2, -0.15) is 0 Å². The van der Waals surface area contributed by atoms with Gasteiger partial charge in [0.05, 0.1) is 44.0 Å². The van der Waals surface area contributed by atoms with E-state index in [2.05, 4.69) is 0 Å². The highest BCUT2D eigenvalue weighted by atomic mass is 28.4. The van der Waals surface area contributed by atoms with Gasteiger partial charge in [-0.25, -0.2) is 4.79 Å². The summed E-state index contributed by atoms with van der Waals surface area (Å²) in [5.41, 5.74) is 2.92. The summed E-state index contributed by atoms with van der Waals surface area (Å²) in [5.74, 6) is -1.04. The van der Waals surface area contributed by atoms with Crippen molar-refractivity contribution >= 4 is 37.7 Å². The van der Waals surface area contributed by atoms with Crippen LogP contribution in [-0.2, 0) is 44.2 Å². The molecule has 3 aromatic rings. The van der Waals surface area contributed by atoms with Gasteiger partial charge in [0.15, 0.2) is 5.60 Å². The Balaban J connectivity index is 1.20. The summed E-state index contributed by atoms with van der Waals surface area (Å²) < 4.78 is 28.3. The Kier molecular flexibility index (Phi) is 7.97. The number of cyclic esters (lactones) is 1. The van der Waals surface area contributed by atoms with Gasteiger partial charge in [-0.05, 0) is 54.4 Å². The number of rotatable bonds is 7. The van der Waals surface area contributed by atoms with E-state index in [0.717, 1.165) is 16.7 Å². The zero-order valence-corrected chi connectivity index (χ0v) is 27.9. The van der Waals surface area contributed by atoms with Crippen LogP contribution >= 0.6 is 0 Å². The Morgan fingerprint density at radius 3 is 2.51 bits per heavy atom. The van der Waals surface area contributed by atoms with Crippen LogP contribution < -0.4 is 9.80 Å². The molecule has 0 aromatic heterocycles. The maximum absolute atomic E-state index is 16.4. The number of ether oxygens (including phenoxy) is 2. The van der Waals surface area contributed by atoms with Crippen LogP contribution in [0.1, 0.15) is 35.6 Å². The molecule has 0 radical (unpaired) electrons. The summed E-state index contributed by atoms with van der Waals surface area (Å²) in [6.45, 7) is 6.31. The summed E-state index contributed by atoms with van der Waals surface area (Å²) >= 11 is 0. The molecule has 5 atom stereocenters. The second-order valence-corrected chi connectivity index (χ2v) is 17.4. The Hall–Kier alpha value is -4.06. The molecule has 246 valence electrons. The van der Waals surface area contributed by atoms with E-state index in [9.17, 15) is 19.5 Å². The number of aliphatic hydroxyl groups is 1. The van der Waals surface area contributed by atoms with Crippen LogP contribution in [0.3, 0.4) is 0 Å². The topological polar surface area (TPSA) is 99.6 Å². The van der Waals surface area contributed by atoms with Gasteiger partial charge in [-0.3, -0.25) is 14.5 Å². The van der Waals surface area contributed by atoms with Crippen LogP contribution in [0.2, 0.25) is 18.6 Å². The number of amides is 3. The Bertz CT molecular complexity index is 1730. The second-order valence-electron chi connectivity index (χ2n) is 13.7. The number of hydrogen-bond donors (Lipinski definition) is 1. The van der Waals surface area contributed by atoms with E-state index in [1.807, 2.05) is 79.7 Å². The minimum absolute atomic E-state index is 0.0841. The predicted molar refractivity (Wildman–Crippen MR) is 177 cm³/mol. The Labute approximate surface area is 275 Å². The van der Waals surface area contributed by atoms with Crippen molar-refractivity contribution < 1.29 is 33.1 Å². The molecule has 3 amide bonds. The number of aliphatic hydroxyl groups excluding tert-OH is 1. The molecule has 9 nitrogen and oxygen atoms in total. The van der Waals surface area contributed by atoms with E-state index in [-0.39, 0.29) is 37.4 Å². The number of fused-ring (bicyclic) bond motifs is 3. The first kappa shape index (κ1) is 31.5. The molecule has 4 aliphatic rings. The molecule has 11 heteroatoms. The van der Waals surface area contributed by atoms with E-state index in [1.54, 1.807) is 27.8 Å². The van der Waals surface area contributed by atoms with E-state index in [0.29, 0.717) is 43.1 Å². The lowest BCUT2D eigenvalue weighted by atomic mass is 9.82. The molecule has 47 heavy (non-hydrogen) atoms. The zero-order chi connectivity index (χ0) is 33.1. The fraction of sp³-hybridized carbons (Fsp3) is 0.417. The van der Waals surface area contributed by atoms with Crippen molar-refractivity contribution in [2.45, 2.75) is 69.2 Å².